The van der Waals surface area contributed by atoms with Gasteiger partial charge in [0.25, 0.3) is 5.82 Å². The number of para-hydroxylation sites is 1. The van der Waals surface area contributed by atoms with Gasteiger partial charge in [-0.1, -0.05) is 71.9 Å². The fourth-order valence-electron chi connectivity index (χ4n) is 5.79. The van der Waals surface area contributed by atoms with E-state index in [1.807, 2.05) is 0 Å². The molecule has 2 nitrogen and oxygen atoms in total. The monoisotopic (exact) mass is 489 g/mol. The molecule has 0 N–H and O–H groups in total. The van der Waals surface area contributed by atoms with Gasteiger partial charge in [-0.25, -0.2) is 4.57 Å². The SMILES string of the molecule is Cc1ccc2c3ccccc3n(-c3cc(-c4c(C(C)C)cc(C(C)C)cc4C(C)C)cc[n+]3C)c2c1C. The normalized spacial score (nSPS) is 12.1. The summed E-state index contributed by atoms with van der Waals surface area (Å²) in [5, 5.41) is 2.62. The molecule has 0 aliphatic rings. The molecule has 0 spiro atoms. The summed E-state index contributed by atoms with van der Waals surface area (Å²) in [5.41, 5.74) is 12.3. The number of pyridine rings is 1. The average molecular weight is 490 g/mol. The van der Waals surface area contributed by atoms with Gasteiger partial charge in [-0.3, -0.25) is 0 Å². The van der Waals surface area contributed by atoms with Crippen molar-refractivity contribution in [2.24, 2.45) is 7.05 Å². The van der Waals surface area contributed by atoms with Crippen molar-refractivity contribution in [1.82, 2.24) is 4.57 Å². The molecule has 0 saturated heterocycles. The molecule has 0 bridgehead atoms. The van der Waals surface area contributed by atoms with Gasteiger partial charge < -0.3 is 0 Å². The number of nitrogens with zero attached hydrogens (tertiary/aromatic N) is 2. The standard InChI is InChI=1S/C35H41N2/c1-21(2)27-18-30(22(3)4)34(31(19-27)23(5)6)26-16-17-36(9)33(20-26)37-32-13-11-10-12-28(32)29-15-14-24(7)25(8)35(29)37/h10-23H,1-9H3/q+1. The summed E-state index contributed by atoms with van der Waals surface area (Å²) in [6, 6.07) is 23.0. The molecule has 37 heavy (non-hydrogen) atoms. The number of hydrogen-bond acceptors (Lipinski definition) is 0. The topological polar surface area (TPSA) is 8.81 Å². The maximum absolute atomic E-state index is 2.48. The van der Waals surface area contributed by atoms with E-state index in [1.54, 1.807) is 0 Å². The van der Waals surface area contributed by atoms with Gasteiger partial charge in [-0.05, 0) is 94.8 Å². The number of benzene rings is 3. The quantitative estimate of drug-likeness (QED) is 0.218. The molecule has 0 radical (unpaired) electrons. The van der Waals surface area contributed by atoms with Crippen LogP contribution in [0.25, 0.3) is 38.8 Å². The second-order valence-electron chi connectivity index (χ2n) is 11.7. The van der Waals surface area contributed by atoms with Gasteiger partial charge in [0.1, 0.15) is 11.0 Å². The highest BCUT2D eigenvalue weighted by atomic mass is 15.1. The van der Waals surface area contributed by atoms with Crippen molar-refractivity contribution >= 4 is 21.8 Å². The number of aromatic nitrogens is 2. The van der Waals surface area contributed by atoms with Crippen LogP contribution in [0.1, 0.15) is 87.1 Å². The number of hydrogen-bond donors (Lipinski definition) is 0. The second-order valence-corrected chi connectivity index (χ2v) is 11.7. The van der Waals surface area contributed by atoms with Gasteiger partial charge in [0.15, 0.2) is 0 Å². The Kier molecular flexibility index (Phi) is 6.48. The molecule has 0 atom stereocenters. The highest BCUT2D eigenvalue weighted by Gasteiger charge is 2.25. The molecule has 2 heterocycles. The molecule has 0 amide bonds. The molecule has 0 fully saturated rings. The van der Waals surface area contributed by atoms with E-state index in [0.717, 1.165) is 0 Å². The molecule has 5 rings (SSSR count). The average Bonchev–Trinajstić information content (AvgIpc) is 3.20. The van der Waals surface area contributed by atoms with E-state index >= 15 is 0 Å². The van der Waals surface area contributed by atoms with E-state index in [9.17, 15) is 0 Å². The van der Waals surface area contributed by atoms with Gasteiger partial charge in [-0.2, -0.15) is 4.57 Å². The Labute approximate surface area is 222 Å². The van der Waals surface area contributed by atoms with Crippen molar-refractivity contribution in [3.05, 3.63) is 94.7 Å². The predicted molar refractivity (Wildman–Crippen MR) is 159 cm³/mol. The van der Waals surface area contributed by atoms with Crippen molar-refractivity contribution in [3.63, 3.8) is 0 Å². The zero-order valence-corrected chi connectivity index (χ0v) is 24.0. The maximum atomic E-state index is 2.48. The summed E-state index contributed by atoms with van der Waals surface area (Å²) in [6.45, 7) is 18.4. The minimum absolute atomic E-state index is 0.446. The van der Waals surface area contributed by atoms with Crippen LogP contribution in [-0.2, 0) is 7.05 Å². The Balaban J connectivity index is 1.87. The van der Waals surface area contributed by atoms with E-state index in [4.69, 9.17) is 0 Å². The Bertz CT molecular complexity index is 1600. The van der Waals surface area contributed by atoms with Crippen molar-refractivity contribution < 1.29 is 4.57 Å². The van der Waals surface area contributed by atoms with Crippen LogP contribution >= 0.6 is 0 Å². The first-order chi connectivity index (χ1) is 17.6. The van der Waals surface area contributed by atoms with E-state index in [1.165, 1.54) is 66.6 Å². The van der Waals surface area contributed by atoms with Gasteiger partial charge in [-0.15, -0.1) is 0 Å². The molecule has 0 saturated carbocycles. The Morgan fingerprint density at radius 2 is 1.35 bits per heavy atom. The number of rotatable bonds is 5. The second kappa shape index (κ2) is 9.49. The predicted octanol–water partition coefficient (Wildman–Crippen LogP) is 9.26. The van der Waals surface area contributed by atoms with Crippen LogP contribution in [0.3, 0.4) is 0 Å². The smallest absolute Gasteiger partial charge is 0.237 e. The van der Waals surface area contributed by atoms with E-state index < -0.39 is 0 Å². The molecular formula is C35H41N2+. The first-order valence-corrected chi connectivity index (χ1v) is 13.8. The van der Waals surface area contributed by atoms with Crippen molar-refractivity contribution in [2.45, 2.75) is 73.1 Å². The maximum Gasteiger partial charge on any atom is 0.287 e. The highest BCUT2D eigenvalue weighted by molar-refractivity contribution is 6.10. The lowest BCUT2D eigenvalue weighted by Gasteiger charge is -2.23. The fraction of sp³-hybridized carbons (Fsp3) is 0.343. The Morgan fingerprint density at radius 1 is 0.703 bits per heavy atom. The zero-order valence-electron chi connectivity index (χ0n) is 24.0. The third kappa shape index (κ3) is 4.17. The summed E-state index contributed by atoms with van der Waals surface area (Å²) in [7, 11) is 2.17. The van der Waals surface area contributed by atoms with Crippen LogP contribution in [0.5, 0.6) is 0 Å². The van der Waals surface area contributed by atoms with E-state index in [-0.39, 0.29) is 0 Å². The fourth-order valence-corrected chi connectivity index (χ4v) is 5.79. The lowest BCUT2D eigenvalue weighted by Crippen LogP contribution is -2.33. The summed E-state index contributed by atoms with van der Waals surface area (Å²) >= 11 is 0. The lowest BCUT2D eigenvalue weighted by atomic mass is 9.82. The van der Waals surface area contributed by atoms with Crippen LogP contribution in [0.15, 0.2) is 66.9 Å². The molecule has 0 aliphatic heterocycles. The summed E-state index contributed by atoms with van der Waals surface area (Å²) in [4.78, 5) is 0. The van der Waals surface area contributed by atoms with Gasteiger partial charge in [0, 0.05) is 16.8 Å². The Morgan fingerprint density at radius 3 is 1.97 bits per heavy atom. The first kappa shape index (κ1) is 25.3. The largest absolute Gasteiger partial charge is 0.287 e. The van der Waals surface area contributed by atoms with Crippen LogP contribution in [0, 0.1) is 13.8 Å². The molecule has 5 aromatic rings. The summed E-state index contributed by atoms with van der Waals surface area (Å²) in [5.74, 6) is 2.59. The zero-order chi connectivity index (χ0) is 26.6. The van der Waals surface area contributed by atoms with E-state index in [2.05, 4.69) is 138 Å². The molecule has 3 aromatic carbocycles. The summed E-state index contributed by atoms with van der Waals surface area (Å²) < 4.78 is 4.74. The van der Waals surface area contributed by atoms with Crippen molar-refractivity contribution in [1.29, 1.82) is 0 Å². The molecule has 190 valence electrons. The minimum Gasteiger partial charge on any atom is -0.237 e. The highest BCUT2D eigenvalue weighted by Crippen LogP contribution is 2.40. The van der Waals surface area contributed by atoms with Crippen LogP contribution in [-0.4, -0.2) is 4.57 Å². The molecule has 2 heteroatoms. The number of fused-ring (bicyclic) bond motifs is 3. The molecule has 0 aliphatic carbocycles. The lowest BCUT2D eigenvalue weighted by molar-refractivity contribution is -0.665. The third-order valence-corrected chi connectivity index (χ3v) is 8.13. The molecular weight excluding hydrogens is 448 g/mol. The van der Waals surface area contributed by atoms with Crippen molar-refractivity contribution in [2.75, 3.05) is 0 Å². The Hall–Kier alpha value is -3.39. The van der Waals surface area contributed by atoms with Gasteiger partial charge in [0.05, 0.1) is 13.2 Å². The van der Waals surface area contributed by atoms with E-state index in [0.29, 0.717) is 17.8 Å². The first-order valence-electron chi connectivity index (χ1n) is 13.8. The molecule has 2 aromatic heterocycles. The molecule has 0 unspecified atom stereocenters. The van der Waals surface area contributed by atoms with Crippen LogP contribution in [0.4, 0.5) is 0 Å². The van der Waals surface area contributed by atoms with Gasteiger partial charge >= 0.3 is 0 Å². The number of aryl methyl sites for hydroxylation is 3. The van der Waals surface area contributed by atoms with Gasteiger partial charge in [0.2, 0.25) is 0 Å². The van der Waals surface area contributed by atoms with Crippen molar-refractivity contribution in [3.8, 4) is 16.9 Å². The van der Waals surface area contributed by atoms with Crippen LogP contribution in [0.2, 0.25) is 0 Å². The third-order valence-electron chi connectivity index (χ3n) is 8.13. The minimum atomic E-state index is 0.446. The summed E-state index contributed by atoms with van der Waals surface area (Å²) in [6.07, 6.45) is 2.24. The van der Waals surface area contributed by atoms with Crippen LogP contribution < -0.4 is 4.57 Å².